The van der Waals surface area contributed by atoms with Crippen molar-refractivity contribution in [2.45, 2.75) is 13.8 Å². The Morgan fingerprint density at radius 2 is 2.06 bits per heavy atom. The maximum absolute atomic E-state index is 10.8. The van der Waals surface area contributed by atoms with Crippen LogP contribution < -0.4 is 0 Å². The summed E-state index contributed by atoms with van der Waals surface area (Å²) < 4.78 is 5.62. The van der Waals surface area contributed by atoms with Gasteiger partial charge in [0.25, 0.3) is 0 Å². The number of ketones is 1. The van der Waals surface area contributed by atoms with Gasteiger partial charge in [0.1, 0.15) is 11.5 Å². The van der Waals surface area contributed by atoms with Crippen molar-refractivity contribution in [3.05, 3.63) is 52.8 Å². The quantitative estimate of drug-likeness (QED) is 0.760. The van der Waals surface area contributed by atoms with Crippen LogP contribution >= 0.6 is 11.6 Å². The van der Waals surface area contributed by atoms with Crippen LogP contribution in [0.4, 0.5) is 0 Å². The van der Waals surface area contributed by atoms with Gasteiger partial charge >= 0.3 is 0 Å². The second kappa shape index (κ2) is 5.23. The van der Waals surface area contributed by atoms with E-state index in [0.29, 0.717) is 10.8 Å². The van der Waals surface area contributed by atoms with Gasteiger partial charge < -0.3 is 4.42 Å². The molecular weight excluding hydrogens is 248 g/mol. The number of aryl methyl sites for hydroxylation is 1. The first-order valence-electron chi connectivity index (χ1n) is 5.61. The maximum Gasteiger partial charge on any atom is 0.152 e. The average molecular weight is 261 g/mol. The monoisotopic (exact) mass is 260 g/mol. The lowest BCUT2D eigenvalue weighted by Gasteiger charge is -2.00. The zero-order valence-electron chi connectivity index (χ0n) is 10.2. The molecule has 2 aromatic rings. The molecule has 0 atom stereocenters. The lowest BCUT2D eigenvalue weighted by molar-refractivity contribution is -0.112. The number of furan rings is 1. The fraction of sp³-hybridized carbons (Fsp3) is 0.133. The van der Waals surface area contributed by atoms with Gasteiger partial charge in [-0.1, -0.05) is 23.7 Å². The lowest BCUT2D eigenvalue weighted by atomic mass is 10.1. The van der Waals surface area contributed by atoms with Crippen molar-refractivity contribution >= 4 is 23.5 Å². The maximum atomic E-state index is 10.8. The molecule has 0 fully saturated rings. The molecule has 2 rings (SSSR count). The van der Waals surface area contributed by atoms with Crippen LogP contribution in [0, 0.1) is 6.92 Å². The molecule has 0 bridgehead atoms. The summed E-state index contributed by atoms with van der Waals surface area (Å²) in [5, 5.41) is 0.713. The number of benzene rings is 1. The zero-order valence-corrected chi connectivity index (χ0v) is 11.0. The van der Waals surface area contributed by atoms with Crippen LogP contribution in [0.5, 0.6) is 0 Å². The Labute approximate surface area is 111 Å². The highest BCUT2D eigenvalue weighted by molar-refractivity contribution is 6.31. The first-order chi connectivity index (χ1) is 8.56. The van der Waals surface area contributed by atoms with Crippen molar-refractivity contribution in [3.63, 3.8) is 0 Å². The van der Waals surface area contributed by atoms with Crippen LogP contribution in [0.1, 0.15) is 18.2 Å². The molecule has 0 aliphatic heterocycles. The molecule has 0 radical (unpaired) electrons. The molecule has 18 heavy (non-hydrogen) atoms. The Morgan fingerprint density at radius 1 is 1.28 bits per heavy atom. The summed E-state index contributed by atoms with van der Waals surface area (Å²) in [5.74, 6) is 1.38. The molecule has 1 aromatic heterocycles. The molecular formula is C15H13ClO2. The number of hydrogen-bond donors (Lipinski definition) is 0. The van der Waals surface area contributed by atoms with Gasteiger partial charge in [0, 0.05) is 10.6 Å². The number of halogens is 1. The number of allylic oxidation sites excluding steroid dienone is 1. The molecule has 0 saturated carbocycles. The standard InChI is InChI=1S/C15H13ClO2/c1-10-3-5-12(9-14(10)16)15-8-7-13(18-15)6-4-11(2)17/h3-9H,1-2H3/b6-4+. The van der Waals surface area contributed by atoms with E-state index in [-0.39, 0.29) is 5.78 Å². The Balaban J connectivity index is 2.29. The van der Waals surface area contributed by atoms with E-state index in [2.05, 4.69) is 0 Å². The Morgan fingerprint density at radius 3 is 2.72 bits per heavy atom. The van der Waals surface area contributed by atoms with Gasteiger partial charge in [-0.15, -0.1) is 0 Å². The third kappa shape index (κ3) is 2.90. The van der Waals surface area contributed by atoms with Crippen LogP contribution in [-0.4, -0.2) is 5.78 Å². The summed E-state index contributed by atoms with van der Waals surface area (Å²) in [7, 11) is 0. The number of carbonyl (C=O) groups excluding carboxylic acids is 1. The zero-order chi connectivity index (χ0) is 13.1. The van der Waals surface area contributed by atoms with Crippen molar-refractivity contribution in [1.82, 2.24) is 0 Å². The highest BCUT2D eigenvalue weighted by Gasteiger charge is 2.05. The minimum atomic E-state index is -0.00803. The molecule has 0 amide bonds. The fourth-order valence-corrected chi connectivity index (χ4v) is 1.72. The van der Waals surface area contributed by atoms with E-state index in [4.69, 9.17) is 16.0 Å². The predicted molar refractivity (Wildman–Crippen MR) is 73.6 cm³/mol. The van der Waals surface area contributed by atoms with Crippen LogP contribution in [-0.2, 0) is 4.79 Å². The van der Waals surface area contributed by atoms with E-state index in [1.807, 2.05) is 37.3 Å². The molecule has 0 unspecified atom stereocenters. The van der Waals surface area contributed by atoms with Crippen molar-refractivity contribution < 1.29 is 9.21 Å². The third-order valence-electron chi connectivity index (χ3n) is 2.57. The second-order valence-corrected chi connectivity index (χ2v) is 4.52. The van der Waals surface area contributed by atoms with Crippen molar-refractivity contribution in [2.24, 2.45) is 0 Å². The number of rotatable bonds is 3. The van der Waals surface area contributed by atoms with E-state index < -0.39 is 0 Å². The van der Waals surface area contributed by atoms with Gasteiger partial charge in [0.2, 0.25) is 0 Å². The molecule has 0 spiro atoms. The van der Waals surface area contributed by atoms with Crippen LogP contribution in [0.15, 0.2) is 40.8 Å². The summed E-state index contributed by atoms with van der Waals surface area (Å²) in [6.07, 6.45) is 3.13. The van der Waals surface area contributed by atoms with Gasteiger partial charge in [0.15, 0.2) is 5.78 Å². The smallest absolute Gasteiger partial charge is 0.152 e. The van der Waals surface area contributed by atoms with Crippen LogP contribution in [0.2, 0.25) is 5.02 Å². The molecule has 0 N–H and O–H groups in total. The Bertz CT molecular complexity index is 609. The van der Waals surface area contributed by atoms with Crippen LogP contribution in [0.25, 0.3) is 17.4 Å². The summed E-state index contributed by atoms with van der Waals surface area (Å²) in [6.45, 7) is 3.45. The predicted octanol–water partition coefficient (Wildman–Crippen LogP) is 4.51. The minimum Gasteiger partial charge on any atom is -0.457 e. The van der Waals surface area contributed by atoms with Crippen LogP contribution in [0.3, 0.4) is 0 Å². The largest absolute Gasteiger partial charge is 0.457 e. The molecule has 92 valence electrons. The molecule has 0 aliphatic rings. The van der Waals surface area contributed by atoms with Crippen molar-refractivity contribution in [2.75, 3.05) is 0 Å². The Hall–Kier alpha value is -1.80. The van der Waals surface area contributed by atoms with Gasteiger partial charge in [-0.05, 0) is 49.8 Å². The Kier molecular flexibility index (Phi) is 3.68. The molecule has 3 heteroatoms. The van der Waals surface area contributed by atoms with Gasteiger partial charge in [-0.2, -0.15) is 0 Å². The second-order valence-electron chi connectivity index (χ2n) is 4.11. The topological polar surface area (TPSA) is 30.2 Å². The molecule has 1 aromatic carbocycles. The summed E-state index contributed by atoms with van der Waals surface area (Å²) in [4.78, 5) is 10.8. The average Bonchev–Trinajstić information content (AvgIpc) is 2.79. The minimum absolute atomic E-state index is 0.00803. The third-order valence-corrected chi connectivity index (χ3v) is 2.97. The highest BCUT2D eigenvalue weighted by atomic mass is 35.5. The fourth-order valence-electron chi connectivity index (χ4n) is 1.54. The summed E-state index contributed by atoms with van der Waals surface area (Å²) in [6, 6.07) is 9.46. The van der Waals surface area contributed by atoms with Gasteiger partial charge in [0.05, 0.1) is 0 Å². The lowest BCUT2D eigenvalue weighted by Crippen LogP contribution is -1.79. The normalized spacial score (nSPS) is 11.1. The number of hydrogen-bond acceptors (Lipinski definition) is 2. The van der Waals surface area contributed by atoms with E-state index >= 15 is 0 Å². The molecule has 0 aliphatic carbocycles. The summed E-state index contributed by atoms with van der Waals surface area (Å²) in [5.41, 5.74) is 1.96. The first-order valence-corrected chi connectivity index (χ1v) is 5.99. The number of carbonyl (C=O) groups is 1. The van der Waals surface area contributed by atoms with Gasteiger partial charge in [-0.3, -0.25) is 4.79 Å². The molecule has 2 nitrogen and oxygen atoms in total. The van der Waals surface area contributed by atoms with E-state index in [0.717, 1.165) is 16.9 Å². The van der Waals surface area contributed by atoms with E-state index in [1.165, 1.54) is 13.0 Å². The van der Waals surface area contributed by atoms with Crippen molar-refractivity contribution in [3.8, 4) is 11.3 Å². The SMILES string of the molecule is CC(=O)/C=C/c1ccc(-c2ccc(C)c(Cl)c2)o1. The summed E-state index contributed by atoms with van der Waals surface area (Å²) >= 11 is 6.07. The molecule has 1 heterocycles. The van der Waals surface area contributed by atoms with E-state index in [9.17, 15) is 4.79 Å². The van der Waals surface area contributed by atoms with Crippen molar-refractivity contribution in [1.29, 1.82) is 0 Å². The highest BCUT2D eigenvalue weighted by Crippen LogP contribution is 2.27. The molecule has 0 saturated heterocycles. The first kappa shape index (κ1) is 12.7. The van der Waals surface area contributed by atoms with E-state index in [1.54, 1.807) is 6.08 Å². The van der Waals surface area contributed by atoms with Gasteiger partial charge in [-0.25, -0.2) is 0 Å².